The van der Waals surface area contributed by atoms with Crippen LogP contribution in [0.4, 0.5) is 0 Å². The van der Waals surface area contributed by atoms with Gasteiger partial charge in [0.25, 0.3) is 0 Å². The van der Waals surface area contributed by atoms with E-state index in [2.05, 4.69) is 46.9 Å². The number of rotatable bonds is 2. The van der Waals surface area contributed by atoms with Crippen LogP contribution in [0.2, 0.25) is 0 Å². The van der Waals surface area contributed by atoms with E-state index in [1.165, 1.54) is 38.5 Å². The standard InChI is InChI=1S/C10H18.C9H20N2/c1-3-9-7-5-6-8-10(9)4-2;1-8(2)5-7(10)6-9(3,4)11-8/h3-8H2,1-2H3;7,11H,5-6,10H2,1-4H3. The van der Waals surface area contributed by atoms with Crippen LogP contribution >= 0.6 is 0 Å². The number of allylic oxidation sites excluding steroid dienone is 2. The number of nitrogens with one attached hydrogen (secondary N) is 1. The first-order chi connectivity index (χ1) is 9.69. The fourth-order valence-corrected chi connectivity index (χ4v) is 4.29. The van der Waals surface area contributed by atoms with E-state index < -0.39 is 0 Å². The SMILES string of the molecule is CC1(C)CC(N)CC(C)(C)N1.CCC1=C(CC)CCCC1. The Hall–Kier alpha value is -0.340. The van der Waals surface area contributed by atoms with Crippen LogP contribution in [0, 0.1) is 0 Å². The van der Waals surface area contributed by atoms with Crippen LogP contribution < -0.4 is 11.1 Å². The highest BCUT2D eigenvalue weighted by atomic mass is 15.1. The second-order valence-corrected chi connectivity index (χ2v) is 8.18. The molecule has 1 saturated heterocycles. The summed E-state index contributed by atoms with van der Waals surface area (Å²) in [6, 6.07) is 0.362. The summed E-state index contributed by atoms with van der Waals surface area (Å²) < 4.78 is 0. The van der Waals surface area contributed by atoms with Gasteiger partial charge in [-0.2, -0.15) is 0 Å². The lowest BCUT2D eigenvalue weighted by atomic mass is 9.80. The van der Waals surface area contributed by atoms with Crippen molar-refractivity contribution in [2.75, 3.05) is 0 Å². The summed E-state index contributed by atoms with van der Waals surface area (Å²) in [5.41, 5.74) is 9.88. The Morgan fingerprint density at radius 1 is 0.905 bits per heavy atom. The van der Waals surface area contributed by atoms with Crippen LogP contribution in [0.3, 0.4) is 0 Å². The van der Waals surface area contributed by atoms with Gasteiger partial charge in [0.2, 0.25) is 0 Å². The predicted octanol–water partition coefficient (Wildman–Crippen LogP) is 4.93. The third-order valence-electron chi connectivity index (χ3n) is 4.78. The minimum atomic E-state index is 0.209. The Kier molecular flexibility index (Phi) is 6.93. The first-order valence-corrected chi connectivity index (χ1v) is 8.94. The average Bonchev–Trinajstić information content (AvgIpc) is 2.35. The van der Waals surface area contributed by atoms with Gasteiger partial charge in [-0.3, -0.25) is 0 Å². The highest BCUT2D eigenvalue weighted by Gasteiger charge is 2.35. The molecule has 0 atom stereocenters. The lowest BCUT2D eigenvalue weighted by molar-refractivity contribution is 0.163. The zero-order valence-electron chi connectivity index (χ0n) is 15.3. The van der Waals surface area contributed by atoms with E-state index in [1.54, 1.807) is 11.1 Å². The maximum atomic E-state index is 5.95. The molecule has 1 aliphatic heterocycles. The molecule has 2 aliphatic rings. The predicted molar refractivity (Wildman–Crippen MR) is 94.6 cm³/mol. The van der Waals surface area contributed by atoms with Gasteiger partial charge in [-0.1, -0.05) is 25.0 Å². The average molecular weight is 295 g/mol. The quantitative estimate of drug-likeness (QED) is 0.709. The normalized spacial score (nSPS) is 25.3. The van der Waals surface area contributed by atoms with Crippen LogP contribution in [0.15, 0.2) is 11.1 Å². The molecule has 0 unspecified atom stereocenters. The van der Waals surface area contributed by atoms with E-state index in [-0.39, 0.29) is 11.1 Å². The lowest BCUT2D eigenvalue weighted by Gasteiger charge is -2.45. The van der Waals surface area contributed by atoms with Crippen molar-refractivity contribution in [3.05, 3.63) is 11.1 Å². The largest absolute Gasteiger partial charge is 0.328 e. The van der Waals surface area contributed by atoms with Gasteiger partial charge in [0.15, 0.2) is 0 Å². The Morgan fingerprint density at radius 2 is 1.29 bits per heavy atom. The smallest absolute Gasteiger partial charge is 0.0144 e. The summed E-state index contributed by atoms with van der Waals surface area (Å²) in [7, 11) is 0. The van der Waals surface area contributed by atoms with Crippen LogP contribution in [-0.4, -0.2) is 17.1 Å². The first-order valence-electron chi connectivity index (χ1n) is 8.94. The Labute approximate surface area is 133 Å². The van der Waals surface area contributed by atoms with Gasteiger partial charge >= 0.3 is 0 Å². The molecule has 124 valence electrons. The molecule has 0 radical (unpaired) electrons. The van der Waals surface area contributed by atoms with Crippen molar-refractivity contribution in [1.82, 2.24) is 5.32 Å². The molecule has 2 heteroatoms. The van der Waals surface area contributed by atoms with Gasteiger partial charge in [-0.05, 0) is 79.1 Å². The van der Waals surface area contributed by atoms with Gasteiger partial charge in [-0.15, -0.1) is 0 Å². The van der Waals surface area contributed by atoms with E-state index in [0.717, 1.165) is 12.8 Å². The topological polar surface area (TPSA) is 38.0 Å². The van der Waals surface area contributed by atoms with Crippen molar-refractivity contribution < 1.29 is 0 Å². The zero-order valence-corrected chi connectivity index (χ0v) is 15.3. The fraction of sp³-hybridized carbons (Fsp3) is 0.895. The first kappa shape index (κ1) is 18.7. The van der Waals surface area contributed by atoms with Crippen LogP contribution in [0.5, 0.6) is 0 Å². The Morgan fingerprint density at radius 3 is 1.57 bits per heavy atom. The molecule has 0 aromatic carbocycles. The van der Waals surface area contributed by atoms with E-state index in [4.69, 9.17) is 5.73 Å². The highest BCUT2D eigenvalue weighted by Crippen LogP contribution is 2.28. The molecular formula is C19H38N2. The lowest BCUT2D eigenvalue weighted by Crippen LogP contribution is -2.60. The molecule has 0 aromatic rings. The third kappa shape index (κ3) is 6.52. The molecule has 1 aliphatic carbocycles. The van der Waals surface area contributed by atoms with E-state index in [9.17, 15) is 0 Å². The molecule has 21 heavy (non-hydrogen) atoms. The second kappa shape index (κ2) is 7.78. The molecule has 2 nitrogen and oxygen atoms in total. The zero-order chi connectivity index (χ0) is 16.1. The van der Waals surface area contributed by atoms with Gasteiger partial charge in [0.05, 0.1) is 0 Å². The molecule has 1 heterocycles. The number of nitrogens with two attached hydrogens (primary N) is 1. The molecule has 3 N–H and O–H groups in total. The fourth-order valence-electron chi connectivity index (χ4n) is 4.29. The number of hydrogen-bond donors (Lipinski definition) is 2. The minimum Gasteiger partial charge on any atom is -0.328 e. The summed E-state index contributed by atoms with van der Waals surface area (Å²) in [4.78, 5) is 0. The Balaban J connectivity index is 0.000000211. The molecular weight excluding hydrogens is 256 g/mol. The van der Waals surface area contributed by atoms with Crippen molar-refractivity contribution in [2.45, 2.75) is 110 Å². The van der Waals surface area contributed by atoms with Gasteiger partial charge in [0, 0.05) is 17.1 Å². The van der Waals surface area contributed by atoms with Gasteiger partial charge < -0.3 is 11.1 Å². The van der Waals surface area contributed by atoms with Crippen LogP contribution in [-0.2, 0) is 0 Å². The van der Waals surface area contributed by atoms with Crippen molar-refractivity contribution >= 4 is 0 Å². The highest BCUT2D eigenvalue weighted by molar-refractivity contribution is 5.16. The molecule has 1 fully saturated rings. The number of piperidine rings is 1. The molecule has 2 rings (SSSR count). The summed E-state index contributed by atoms with van der Waals surface area (Å²) in [6.07, 6.45) is 10.4. The van der Waals surface area contributed by atoms with Crippen molar-refractivity contribution in [3.63, 3.8) is 0 Å². The van der Waals surface area contributed by atoms with Crippen LogP contribution in [0.1, 0.15) is 92.9 Å². The molecule has 0 amide bonds. The van der Waals surface area contributed by atoms with Crippen molar-refractivity contribution in [1.29, 1.82) is 0 Å². The van der Waals surface area contributed by atoms with Gasteiger partial charge in [0.1, 0.15) is 0 Å². The molecule has 0 spiro atoms. The molecule has 0 saturated carbocycles. The summed E-state index contributed by atoms with van der Waals surface area (Å²) >= 11 is 0. The van der Waals surface area contributed by atoms with Crippen LogP contribution in [0.25, 0.3) is 0 Å². The summed E-state index contributed by atoms with van der Waals surface area (Å²) in [6.45, 7) is 13.4. The van der Waals surface area contributed by atoms with E-state index in [1.807, 2.05) is 0 Å². The third-order valence-corrected chi connectivity index (χ3v) is 4.78. The van der Waals surface area contributed by atoms with Crippen molar-refractivity contribution in [3.8, 4) is 0 Å². The monoisotopic (exact) mass is 294 g/mol. The van der Waals surface area contributed by atoms with E-state index in [0.29, 0.717) is 6.04 Å². The summed E-state index contributed by atoms with van der Waals surface area (Å²) in [5, 5.41) is 3.58. The van der Waals surface area contributed by atoms with Gasteiger partial charge in [-0.25, -0.2) is 0 Å². The second-order valence-electron chi connectivity index (χ2n) is 8.18. The molecule has 0 bridgehead atoms. The summed E-state index contributed by atoms with van der Waals surface area (Å²) in [5.74, 6) is 0. The maximum absolute atomic E-state index is 5.95. The maximum Gasteiger partial charge on any atom is 0.0144 e. The Bertz CT molecular complexity index is 321. The van der Waals surface area contributed by atoms with E-state index >= 15 is 0 Å². The number of hydrogen-bond acceptors (Lipinski definition) is 2. The minimum absolute atomic E-state index is 0.209. The van der Waals surface area contributed by atoms with Crippen molar-refractivity contribution in [2.24, 2.45) is 5.73 Å². The molecule has 0 aromatic heterocycles.